The Morgan fingerprint density at radius 2 is 2.00 bits per heavy atom. The topological polar surface area (TPSA) is 80.5 Å². The van der Waals surface area contributed by atoms with E-state index in [0.29, 0.717) is 11.0 Å². The van der Waals surface area contributed by atoms with Crippen molar-refractivity contribution in [3.63, 3.8) is 0 Å². The Morgan fingerprint density at radius 3 is 2.43 bits per heavy atom. The minimum atomic E-state index is -4.00. The number of carbonyl (C=O) groups is 1. The summed E-state index contributed by atoms with van der Waals surface area (Å²) < 4.78 is 23.5. The Hall–Kier alpha value is -0.630. The first-order valence-corrected chi connectivity index (χ1v) is 9.14. The molecule has 0 aliphatic carbocycles. The molecule has 2 N–H and O–H groups in total. The second-order valence-electron chi connectivity index (χ2n) is 4.90. The maximum Gasteiger partial charge on any atom is 0.255 e. The van der Waals surface area contributed by atoms with E-state index in [-0.39, 0.29) is 27.4 Å². The van der Waals surface area contributed by atoms with Crippen LogP contribution >= 0.6 is 27.5 Å². The maximum absolute atomic E-state index is 12.6. The van der Waals surface area contributed by atoms with Crippen molar-refractivity contribution in [3.05, 3.63) is 27.2 Å². The standard InChI is InChI=1S/C13H18BrClN2O3S/c1-4-5-17(8(2)3)13(18)10-6-9(14)7-11(12(10)15)21(16,19)20/h6-8H,4-5H2,1-3H3,(H2,16,19,20). The first-order valence-electron chi connectivity index (χ1n) is 6.42. The third kappa shape index (κ3) is 4.42. The van der Waals surface area contributed by atoms with Gasteiger partial charge in [-0.1, -0.05) is 34.5 Å². The van der Waals surface area contributed by atoms with Gasteiger partial charge in [0.25, 0.3) is 5.91 Å². The van der Waals surface area contributed by atoms with Crippen molar-refractivity contribution in [2.45, 2.75) is 38.1 Å². The summed E-state index contributed by atoms with van der Waals surface area (Å²) in [5, 5.41) is 4.99. The molecule has 0 unspecified atom stereocenters. The van der Waals surface area contributed by atoms with E-state index in [1.807, 2.05) is 20.8 Å². The fourth-order valence-corrected chi connectivity index (χ4v) is 3.69. The second kappa shape index (κ2) is 7.09. The van der Waals surface area contributed by atoms with Crippen LogP contribution in [0.3, 0.4) is 0 Å². The van der Waals surface area contributed by atoms with Gasteiger partial charge in [0.2, 0.25) is 10.0 Å². The zero-order valence-electron chi connectivity index (χ0n) is 12.1. The Kier molecular flexibility index (Phi) is 6.22. The zero-order chi connectivity index (χ0) is 16.4. The summed E-state index contributed by atoms with van der Waals surface area (Å²) in [6, 6.07) is 2.77. The predicted octanol–water partition coefficient (Wildman–Crippen LogP) is 3.01. The molecule has 1 amide bonds. The average Bonchev–Trinajstić information content (AvgIpc) is 2.35. The Balaban J connectivity index is 3.43. The molecule has 1 aromatic carbocycles. The van der Waals surface area contributed by atoms with Crippen molar-refractivity contribution in [1.82, 2.24) is 4.90 Å². The lowest BCUT2D eigenvalue weighted by molar-refractivity contribution is 0.0706. The van der Waals surface area contributed by atoms with Gasteiger partial charge in [0.1, 0.15) is 4.90 Å². The monoisotopic (exact) mass is 396 g/mol. The molecule has 5 nitrogen and oxygen atoms in total. The molecule has 8 heteroatoms. The third-order valence-corrected chi connectivity index (χ3v) is 4.80. The van der Waals surface area contributed by atoms with Gasteiger partial charge in [-0.25, -0.2) is 13.6 Å². The molecule has 0 saturated carbocycles. The zero-order valence-corrected chi connectivity index (χ0v) is 15.2. The lowest BCUT2D eigenvalue weighted by atomic mass is 10.1. The number of rotatable bonds is 5. The lowest BCUT2D eigenvalue weighted by Gasteiger charge is -2.27. The molecule has 0 saturated heterocycles. The van der Waals surface area contributed by atoms with Crippen LogP contribution in [-0.4, -0.2) is 31.8 Å². The highest BCUT2D eigenvalue weighted by Gasteiger charge is 2.25. The minimum Gasteiger partial charge on any atom is -0.336 e. The molecule has 0 bridgehead atoms. The van der Waals surface area contributed by atoms with E-state index in [0.717, 1.165) is 6.42 Å². The van der Waals surface area contributed by atoms with Crippen molar-refractivity contribution in [1.29, 1.82) is 0 Å². The van der Waals surface area contributed by atoms with Crippen LogP contribution in [0.4, 0.5) is 0 Å². The number of benzene rings is 1. The van der Waals surface area contributed by atoms with Crippen molar-refractivity contribution < 1.29 is 13.2 Å². The van der Waals surface area contributed by atoms with E-state index in [4.69, 9.17) is 16.7 Å². The number of sulfonamides is 1. The van der Waals surface area contributed by atoms with Gasteiger partial charge in [-0.15, -0.1) is 0 Å². The van der Waals surface area contributed by atoms with Crippen molar-refractivity contribution in [2.75, 3.05) is 6.54 Å². The number of primary sulfonamides is 1. The Labute approximate surface area is 138 Å². The highest BCUT2D eigenvalue weighted by atomic mass is 79.9. The van der Waals surface area contributed by atoms with Gasteiger partial charge in [0.05, 0.1) is 10.6 Å². The summed E-state index contributed by atoms with van der Waals surface area (Å²) in [5.41, 5.74) is 0.122. The SMILES string of the molecule is CCCN(C(=O)c1cc(Br)cc(S(N)(=O)=O)c1Cl)C(C)C. The van der Waals surface area contributed by atoms with Crippen LogP contribution in [0, 0.1) is 0 Å². The molecule has 0 atom stereocenters. The molecule has 0 heterocycles. The van der Waals surface area contributed by atoms with E-state index in [1.165, 1.54) is 12.1 Å². The van der Waals surface area contributed by atoms with E-state index >= 15 is 0 Å². The van der Waals surface area contributed by atoms with Crippen LogP contribution in [0.15, 0.2) is 21.5 Å². The Bertz CT molecular complexity index is 647. The summed E-state index contributed by atoms with van der Waals surface area (Å²) >= 11 is 9.27. The quantitative estimate of drug-likeness (QED) is 0.829. The van der Waals surface area contributed by atoms with Crippen LogP contribution in [-0.2, 0) is 10.0 Å². The first kappa shape index (κ1) is 18.4. The van der Waals surface area contributed by atoms with E-state index < -0.39 is 10.0 Å². The number of nitrogens with zero attached hydrogens (tertiary/aromatic N) is 1. The molecule has 0 aliphatic heterocycles. The molecule has 118 valence electrons. The maximum atomic E-state index is 12.6. The van der Waals surface area contributed by atoms with Gasteiger partial charge in [-0.2, -0.15) is 0 Å². The summed E-state index contributed by atoms with van der Waals surface area (Å²) in [7, 11) is -4.00. The van der Waals surface area contributed by atoms with E-state index in [1.54, 1.807) is 4.90 Å². The summed E-state index contributed by atoms with van der Waals surface area (Å²) in [4.78, 5) is 14.0. The average molecular weight is 398 g/mol. The molecule has 0 radical (unpaired) electrons. The van der Waals surface area contributed by atoms with Crippen molar-refractivity contribution in [3.8, 4) is 0 Å². The number of nitrogens with two attached hydrogens (primary N) is 1. The summed E-state index contributed by atoms with van der Waals surface area (Å²) in [5.74, 6) is -0.317. The molecule has 1 rings (SSSR count). The van der Waals surface area contributed by atoms with Crippen LogP contribution in [0.25, 0.3) is 0 Å². The highest BCUT2D eigenvalue weighted by Crippen LogP contribution is 2.30. The Morgan fingerprint density at radius 1 is 1.43 bits per heavy atom. The largest absolute Gasteiger partial charge is 0.336 e. The number of halogens is 2. The number of hydrogen-bond acceptors (Lipinski definition) is 3. The number of hydrogen-bond donors (Lipinski definition) is 1. The highest BCUT2D eigenvalue weighted by molar-refractivity contribution is 9.10. The first-order chi connectivity index (χ1) is 9.59. The predicted molar refractivity (Wildman–Crippen MR) is 87.0 cm³/mol. The van der Waals surface area contributed by atoms with E-state index in [2.05, 4.69) is 15.9 Å². The number of carbonyl (C=O) groups excluding carboxylic acids is 1. The summed E-state index contributed by atoms with van der Waals surface area (Å²) in [6.45, 7) is 6.30. The molecule has 0 fully saturated rings. The van der Waals surface area contributed by atoms with Crippen molar-refractivity contribution in [2.24, 2.45) is 5.14 Å². The molecule has 21 heavy (non-hydrogen) atoms. The normalized spacial score (nSPS) is 11.8. The second-order valence-corrected chi connectivity index (χ2v) is 7.73. The van der Waals surface area contributed by atoms with E-state index in [9.17, 15) is 13.2 Å². The minimum absolute atomic E-state index is 0.0227. The molecule has 0 aromatic heterocycles. The van der Waals surface area contributed by atoms with Crippen LogP contribution in [0.2, 0.25) is 5.02 Å². The van der Waals surface area contributed by atoms with Gasteiger partial charge < -0.3 is 4.90 Å². The van der Waals surface area contributed by atoms with Gasteiger partial charge in [0.15, 0.2) is 0 Å². The third-order valence-electron chi connectivity index (χ3n) is 2.89. The molecule has 0 aliphatic rings. The van der Waals surface area contributed by atoms with Crippen LogP contribution < -0.4 is 5.14 Å². The molecular weight excluding hydrogens is 380 g/mol. The van der Waals surface area contributed by atoms with Crippen molar-refractivity contribution >= 4 is 43.5 Å². The fraction of sp³-hybridized carbons (Fsp3) is 0.462. The molecule has 1 aromatic rings. The molecule has 0 spiro atoms. The fourth-order valence-electron chi connectivity index (χ4n) is 1.92. The smallest absolute Gasteiger partial charge is 0.255 e. The van der Waals surface area contributed by atoms with Gasteiger partial charge in [-0.05, 0) is 32.4 Å². The molecular formula is C13H18BrClN2O3S. The number of amides is 1. The van der Waals surface area contributed by atoms with Gasteiger partial charge in [0, 0.05) is 17.1 Å². The van der Waals surface area contributed by atoms with Gasteiger partial charge >= 0.3 is 0 Å². The van der Waals surface area contributed by atoms with Crippen LogP contribution in [0.5, 0.6) is 0 Å². The summed E-state index contributed by atoms with van der Waals surface area (Å²) in [6.07, 6.45) is 0.789. The van der Waals surface area contributed by atoms with Gasteiger partial charge in [-0.3, -0.25) is 4.79 Å². The van der Waals surface area contributed by atoms with Crippen LogP contribution in [0.1, 0.15) is 37.6 Å². The lowest BCUT2D eigenvalue weighted by Crippen LogP contribution is -2.37.